The molecular formula is C11H12N4OS. The van der Waals surface area contributed by atoms with Crippen LogP contribution in [0.15, 0.2) is 28.9 Å². The molecule has 0 aliphatic carbocycles. The van der Waals surface area contributed by atoms with E-state index in [1.54, 1.807) is 6.20 Å². The van der Waals surface area contributed by atoms with E-state index < -0.39 is 0 Å². The minimum absolute atomic E-state index is 0.266. The molecule has 0 aliphatic rings. The van der Waals surface area contributed by atoms with E-state index in [2.05, 4.69) is 15.5 Å². The maximum Gasteiger partial charge on any atom is 0.156 e. The molecule has 0 bridgehead atoms. The summed E-state index contributed by atoms with van der Waals surface area (Å²) in [6, 6.07) is 5.55. The van der Waals surface area contributed by atoms with Gasteiger partial charge in [-0.05, 0) is 19.1 Å². The summed E-state index contributed by atoms with van der Waals surface area (Å²) in [7, 11) is 0. The van der Waals surface area contributed by atoms with Crippen molar-refractivity contribution in [2.24, 2.45) is 5.73 Å². The molecule has 0 aromatic carbocycles. The number of aryl methyl sites for hydroxylation is 1. The first-order valence-corrected chi connectivity index (χ1v) is 5.48. The highest BCUT2D eigenvalue weighted by Gasteiger charge is 2.06. The molecule has 3 N–H and O–H groups in total. The van der Waals surface area contributed by atoms with Crippen molar-refractivity contribution < 1.29 is 4.52 Å². The average molecular weight is 248 g/mol. The van der Waals surface area contributed by atoms with Gasteiger partial charge in [0, 0.05) is 12.3 Å². The number of nitrogens with one attached hydrogen (secondary N) is 1. The molecule has 2 aromatic heterocycles. The molecule has 2 aromatic rings. The Morgan fingerprint density at radius 2 is 2.41 bits per heavy atom. The first-order chi connectivity index (χ1) is 8.16. The number of rotatable bonds is 4. The van der Waals surface area contributed by atoms with E-state index in [0.717, 1.165) is 17.1 Å². The lowest BCUT2D eigenvalue weighted by molar-refractivity contribution is 0.384. The highest BCUT2D eigenvalue weighted by Crippen LogP contribution is 2.13. The van der Waals surface area contributed by atoms with Crippen molar-refractivity contribution >= 4 is 22.9 Å². The molecular weight excluding hydrogens is 236 g/mol. The highest BCUT2D eigenvalue weighted by molar-refractivity contribution is 7.80. The van der Waals surface area contributed by atoms with Crippen LogP contribution in [0.25, 0.3) is 0 Å². The number of nitrogens with zero attached hydrogens (tertiary/aromatic N) is 2. The number of hydrogen-bond donors (Lipinski definition) is 2. The predicted octanol–water partition coefficient (Wildman–Crippen LogP) is 1.62. The molecule has 0 spiro atoms. The first-order valence-electron chi connectivity index (χ1n) is 5.07. The maximum absolute atomic E-state index is 5.58. The summed E-state index contributed by atoms with van der Waals surface area (Å²) < 4.78 is 5.09. The number of hydrogen-bond acceptors (Lipinski definition) is 5. The topological polar surface area (TPSA) is 77.0 Å². The summed E-state index contributed by atoms with van der Waals surface area (Å²) in [5.74, 6) is 0.750. The Balaban J connectivity index is 2.11. The minimum Gasteiger partial charge on any atom is -0.388 e. The van der Waals surface area contributed by atoms with Crippen LogP contribution in [0.2, 0.25) is 0 Å². The average Bonchev–Trinajstić information content (AvgIpc) is 2.73. The Morgan fingerprint density at radius 3 is 3.06 bits per heavy atom. The molecule has 2 heterocycles. The van der Waals surface area contributed by atoms with E-state index in [1.165, 1.54) is 0 Å². The molecule has 0 saturated heterocycles. The SMILES string of the molecule is Cc1cc(CNc2cccnc2C(N)=S)on1. The smallest absolute Gasteiger partial charge is 0.156 e. The maximum atomic E-state index is 5.58. The van der Waals surface area contributed by atoms with Crippen molar-refractivity contribution in [3.63, 3.8) is 0 Å². The van der Waals surface area contributed by atoms with E-state index in [4.69, 9.17) is 22.5 Å². The van der Waals surface area contributed by atoms with Gasteiger partial charge in [-0.3, -0.25) is 4.98 Å². The van der Waals surface area contributed by atoms with Gasteiger partial charge in [-0.1, -0.05) is 17.4 Å². The number of pyridine rings is 1. The van der Waals surface area contributed by atoms with Crippen LogP contribution in [0.3, 0.4) is 0 Å². The summed E-state index contributed by atoms with van der Waals surface area (Å²) in [6.07, 6.45) is 1.65. The van der Waals surface area contributed by atoms with Crippen molar-refractivity contribution in [3.8, 4) is 0 Å². The van der Waals surface area contributed by atoms with Gasteiger partial charge in [0.2, 0.25) is 0 Å². The summed E-state index contributed by atoms with van der Waals surface area (Å²) in [5.41, 5.74) is 7.80. The lowest BCUT2D eigenvalue weighted by Crippen LogP contribution is -2.14. The molecule has 6 heteroatoms. The van der Waals surface area contributed by atoms with Crippen molar-refractivity contribution in [1.29, 1.82) is 0 Å². The quantitative estimate of drug-likeness (QED) is 0.801. The zero-order valence-corrected chi connectivity index (χ0v) is 10.1. The van der Waals surface area contributed by atoms with Gasteiger partial charge in [0.25, 0.3) is 0 Å². The first kappa shape index (κ1) is 11.5. The second kappa shape index (κ2) is 4.92. The lowest BCUT2D eigenvalue weighted by atomic mass is 10.3. The molecule has 5 nitrogen and oxygen atoms in total. The minimum atomic E-state index is 0.266. The zero-order valence-electron chi connectivity index (χ0n) is 9.30. The summed E-state index contributed by atoms with van der Waals surface area (Å²) in [5, 5.41) is 6.97. The van der Waals surface area contributed by atoms with Crippen LogP contribution in [0, 0.1) is 6.92 Å². The molecule has 17 heavy (non-hydrogen) atoms. The van der Waals surface area contributed by atoms with Crippen molar-refractivity contribution in [2.75, 3.05) is 5.32 Å². The van der Waals surface area contributed by atoms with Gasteiger partial charge in [-0.15, -0.1) is 0 Å². The molecule has 0 aliphatic heterocycles. The molecule has 0 unspecified atom stereocenters. The van der Waals surface area contributed by atoms with E-state index in [9.17, 15) is 0 Å². The normalized spacial score (nSPS) is 10.2. The van der Waals surface area contributed by atoms with Gasteiger partial charge in [-0.25, -0.2) is 0 Å². The molecule has 0 saturated carbocycles. The molecule has 0 fully saturated rings. The third-order valence-corrected chi connectivity index (χ3v) is 2.36. The summed E-state index contributed by atoms with van der Waals surface area (Å²) in [6.45, 7) is 2.39. The van der Waals surface area contributed by atoms with Crippen LogP contribution >= 0.6 is 12.2 Å². The Kier molecular flexibility index (Phi) is 3.34. The monoisotopic (exact) mass is 248 g/mol. The van der Waals surface area contributed by atoms with E-state index in [0.29, 0.717) is 12.2 Å². The highest BCUT2D eigenvalue weighted by atomic mass is 32.1. The van der Waals surface area contributed by atoms with Crippen molar-refractivity contribution in [3.05, 3.63) is 41.5 Å². The van der Waals surface area contributed by atoms with Gasteiger partial charge < -0.3 is 15.6 Å². The number of nitrogens with two attached hydrogens (primary N) is 1. The van der Waals surface area contributed by atoms with E-state index >= 15 is 0 Å². The van der Waals surface area contributed by atoms with Crippen molar-refractivity contribution in [2.45, 2.75) is 13.5 Å². The van der Waals surface area contributed by atoms with Crippen molar-refractivity contribution in [1.82, 2.24) is 10.1 Å². The predicted molar refractivity (Wildman–Crippen MR) is 68.7 cm³/mol. The zero-order chi connectivity index (χ0) is 12.3. The van der Waals surface area contributed by atoms with Crippen LogP contribution in [-0.4, -0.2) is 15.1 Å². The number of thiocarbonyl (C=S) groups is 1. The molecule has 0 amide bonds. The third kappa shape index (κ3) is 2.79. The lowest BCUT2D eigenvalue weighted by Gasteiger charge is -2.07. The Bertz CT molecular complexity index is 538. The number of anilines is 1. The second-order valence-electron chi connectivity index (χ2n) is 3.55. The van der Waals surface area contributed by atoms with Crippen LogP contribution in [0.4, 0.5) is 5.69 Å². The largest absolute Gasteiger partial charge is 0.388 e. The Hall–Kier alpha value is -1.95. The van der Waals surface area contributed by atoms with Gasteiger partial charge in [0.15, 0.2) is 5.76 Å². The van der Waals surface area contributed by atoms with E-state index in [-0.39, 0.29) is 4.99 Å². The third-order valence-electron chi connectivity index (χ3n) is 2.17. The number of aromatic nitrogens is 2. The fraction of sp³-hybridized carbons (Fsp3) is 0.182. The Morgan fingerprint density at radius 1 is 1.59 bits per heavy atom. The molecule has 2 rings (SSSR count). The van der Waals surface area contributed by atoms with Crippen LogP contribution in [0.5, 0.6) is 0 Å². The van der Waals surface area contributed by atoms with Crippen LogP contribution in [0.1, 0.15) is 17.1 Å². The second-order valence-corrected chi connectivity index (χ2v) is 3.99. The van der Waals surface area contributed by atoms with Crippen LogP contribution < -0.4 is 11.1 Å². The standard InChI is InChI=1S/C11H12N4OS/c1-7-5-8(16-15-7)6-14-9-3-2-4-13-10(9)11(12)17/h2-5,14H,6H2,1H3,(H2,12,17). The fourth-order valence-corrected chi connectivity index (χ4v) is 1.59. The summed E-state index contributed by atoms with van der Waals surface area (Å²) >= 11 is 4.92. The van der Waals surface area contributed by atoms with Crippen LogP contribution in [-0.2, 0) is 6.54 Å². The molecule has 0 radical (unpaired) electrons. The van der Waals surface area contributed by atoms with Gasteiger partial charge in [0.05, 0.1) is 17.9 Å². The van der Waals surface area contributed by atoms with E-state index in [1.807, 2.05) is 25.1 Å². The fourth-order valence-electron chi connectivity index (χ4n) is 1.43. The summed E-state index contributed by atoms with van der Waals surface area (Å²) in [4.78, 5) is 4.39. The van der Waals surface area contributed by atoms with Gasteiger partial charge in [-0.2, -0.15) is 0 Å². The molecule has 88 valence electrons. The van der Waals surface area contributed by atoms with Gasteiger partial charge in [0.1, 0.15) is 10.7 Å². The Labute approximate surface area is 104 Å². The van der Waals surface area contributed by atoms with Gasteiger partial charge >= 0.3 is 0 Å². The molecule has 0 atom stereocenters.